The fraction of sp³-hybridized carbons (Fsp3) is 0.812. The molecule has 0 aliphatic carbocycles. The highest BCUT2D eigenvalue weighted by Crippen LogP contribution is 2.26. The van der Waals surface area contributed by atoms with Gasteiger partial charge in [0.2, 0.25) is 0 Å². The van der Waals surface area contributed by atoms with Crippen LogP contribution >= 0.6 is 11.3 Å². The van der Waals surface area contributed by atoms with Crippen molar-refractivity contribution in [2.75, 3.05) is 18.0 Å². The molecule has 0 saturated carbocycles. The number of aromatic nitrogens is 1. The molecule has 1 aromatic heterocycles. The van der Waals surface area contributed by atoms with Crippen molar-refractivity contribution < 1.29 is 0 Å². The lowest BCUT2D eigenvalue weighted by Gasteiger charge is -2.28. The minimum absolute atomic E-state index is 0.352. The Labute approximate surface area is 128 Å². The first kappa shape index (κ1) is 17.4. The number of nitrogens with one attached hydrogen (secondary N) is 1. The Morgan fingerprint density at radius 1 is 1.25 bits per heavy atom. The molecule has 1 N–H and O–H groups in total. The van der Waals surface area contributed by atoms with Gasteiger partial charge in [0.25, 0.3) is 0 Å². The van der Waals surface area contributed by atoms with Gasteiger partial charge in [0.05, 0.1) is 5.69 Å². The Balaban J connectivity index is 2.74. The van der Waals surface area contributed by atoms with Crippen molar-refractivity contribution >= 4 is 16.5 Å². The lowest BCUT2D eigenvalue weighted by Crippen LogP contribution is -2.33. The molecule has 0 radical (unpaired) electrons. The average Bonchev–Trinajstić information content (AvgIpc) is 2.94. The van der Waals surface area contributed by atoms with Crippen LogP contribution in [0.15, 0.2) is 5.38 Å². The Hall–Kier alpha value is -0.610. The maximum Gasteiger partial charge on any atom is 0.185 e. The molecule has 0 aromatic carbocycles. The van der Waals surface area contributed by atoms with Gasteiger partial charge in [0, 0.05) is 24.0 Å². The van der Waals surface area contributed by atoms with Crippen LogP contribution in [0.1, 0.15) is 72.0 Å². The monoisotopic (exact) mass is 297 g/mol. The van der Waals surface area contributed by atoms with E-state index in [4.69, 9.17) is 4.98 Å². The number of hydrogen-bond donors (Lipinski definition) is 1. The number of anilines is 1. The minimum atomic E-state index is 0.352. The summed E-state index contributed by atoms with van der Waals surface area (Å²) < 4.78 is 0. The Kier molecular flexibility index (Phi) is 8.15. The van der Waals surface area contributed by atoms with Gasteiger partial charge in [-0.2, -0.15) is 0 Å². The summed E-state index contributed by atoms with van der Waals surface area (Å²) in [6.07, 6.45) is 4.81. The minimum Gasteiger partial charge on any atom is -0.345 e. The normalized spacial score (nSPS) is 14.2. The molecule has 0 saturated heterocycles. The molecule has 1 heterocycles. The highest BCUT2D eigenvalue weighted by Gasteiger charge is 2.17. The molecule has 1 aromatic rings. The van der Waals surface area contributed by atoms with Gasteiger partial charge in [-0.1, -0.05) is 27.2 Å². The molecule has 0 fully saturated rings. The Morgan fingerprint density at radius 2 is 2.00 bits per heavy atom. The number of nitrogens with zero attached hydrogens (tertiary/aromatic N) is 2. The van der Waals surface area contributed by atoms with E-state index < -0.39 is 0 Å². The van der Waals surface area contributed by atoms with Crippen molar-refractivity contribution in [2.45, 2.75) is 72.4 Å². The van der Waals surface area contributed by atoms with E-state index in [1.807, 2.05) is 0 Å². The number of thiazole rings is 1. The van der Waals surface area contributed by atoms with E-state index in [0.717, 1.165) is 19.5 Å². The predicted molar refractivity (Wildman–Crippen MR) is 90.8 cm³/mol. The molecular weight excluding hydrogens is 266 g/mol. The van der Waals surface area contributed by atoms with Gasteiger partial charge < -0.3 is 10.2 Å². The molecule has 20 heavy (non-hydrogen) atoms. The standard InChI is InChI=1S/C16H31N3S/c1-6-9-11-19(13(4)8-3)16-18-15(12-20-16)14(5)17-10-7-2/h12-14,17H,6-11H2,1-5H3. The van der Waals surface area contributed by atoms with Crippen molar-refractivity contribution in [1.82, 2.24) is 10.3 Å². The van der Waals surface area contributed by atoms with Crippen LogP contribution < -0.4 is 10.2 Å². The summed E-state index contributed by atoms with van der Waals surface area (Å²) in [5.41, 5.74) is 1.18. The first-order valence-corrected chi connectivity index (χ1v) is 8.97. The van der Waals surface area contributed by atoms with Gasteiger partial charge in [-0.05, 0) is 39.7 Å². The molecule has 4 heteroatoms. The highest BCUT2D eigenvalue weighted by atomic mass is 32.1. The third-order valence-corrected chi connectivity index (χ3v) is 4.67. The van der Waals surface area contributed by atoms with Gasteiger partial charge in [-0.15, -0.1) is 11.3 Å². The van der Waals surface area contributed by atoms with Crippen molar-refractivity contribution in [3.63, 3.8) is 0 Å². The molecule has 0 aliphatic rings. The predicted octanol–water partition coefficient (Wildman–Crippen LogP) is 4.61. The largest absolute Gasteiger partial charge is 0.345 e. The molecule has 2 unspecified atom stereocenters. The number of unbranched alkanes of at least 4 members (excludes halogenated alkanes) is 1. The summed E-state index contributed by atoms with van der Waals surface area (Å²) in [7, 11) is 0. The van der Waals surface area contributed by atoms with Crippen molar-refractivity contribution in [2.24, 2.45) is 0 Å². The van der Waals surface area contributed by atoms with Gasteiger partial charge in [-0.3, -0.25) is 0 Å². The topological polar surface area (TPSA) is 28.2 Å². The van der Waals surface area contributed by atoms with Crippen LogP contribution in [0, 0.1) is 0 Å². The van der Waals surface area contributed by atoms with E-state index in [-0.39, 0.29) is 0 Å². The van der Waals surface area contributed by atoms with Gasteiger partial charge in [0.15, 0.2) is 5.13 Å². The second-order valence-corrected chi connectivity index (χ2v) is 6.37. The summed E-state index contributed by atoms with van der Waals surface area (Å²) in [5.74, 6) is 0. The second-order valence-electron chi connectivity index (χ2n) is 5.53. The summed E-state index contributed by atoms with van der Waals surface area (Å²) in [6.45, 7) is 13.4. The summed E-state index contributed by atoms with van der Waals surface area (Å²) in [6, 6.07) is 0.921. The fourth-order valence-corrected chi connectivity index (χ4v) is 3.17. The van der Waals surface area contributed by atoms with Gasteiger partial charge in [-0.25, -0.2) is 4.98 Å². The van der Waals surface area contributed by atoms with Crippen LogP contribution in [-0.2, 0) is 0 Å². The molecule has 0 spiro atoms. The van der Waals surface area contributed by atoms with Crippen molar-refractivity contribution in [1.29, 1.82) is 0 Å². The van der Waals surface area contributed by atoms with Crippen LogP contribution in [0.5, 0.6) is 0 Å². The third kappa shape index (κ3) is 5.06. The first-order valence-electron chi connectivity index (χ1n) is 8.09. The zero-order valence-electron chi connectivity index (χ0n) is 13.8. The molecular formula is C16H31N3S. The van der Waals surface area contributed by atoms with Crippen LogP contribution in [-0.4, -0.2) is 24.1 Å². The van der Waals surface area contributed by atoms with Crippen LogP contribution in [0.25, 0.3) is 0 Å². The maximum absolute atomic E-state index is 4.87. The first-order chi connectivity index (χ1) is 9.63. The quantitative estimate of drug-likeness (QED) is 0.683. The molecule has 0 aliphatic heterocycles. The van der Waals surface area contributed by atoms with E-state index in [1.54, 1.807) is 11.3 Å². The number of rotatable bonds is 10. The summed E-state index contributed by atoms with van der Waals surface area (Å²) >= 11 is 1.79. The van der Waals surface area contributed by atoms with Crippen LogP contribution in [0.4, 0.5) is 5.13 Å². The zero-order valence-corrected chi connectivity index (χ0v) is 14.6. The van der Waals surface area contributed by atoms with Gasteiger partial charge >= 0.3 is 0 Å². The molecule has 1 rings (SSSR count). The van der Waals surface area contributed by atoms with E-state index in [9.17, 15) is 0 Å². The number of hydrogen-bond acceptors (Lipinski definition) is 4. The molecule has 116 valence electrons. The van der Waals surface area contributed by atoms with E-state index >= 15 is 0 Å². The fourth-order valence-electron chi connectivity index (χ4n) is 2.13. The van der Waals surface area contributed by atoms with E-state index in [0.29, 0.717) is 12.1 Å². The molecule has 2 atom stereocenters. The van der Waals surface area contributed by atoms with Crippen molar-refractivity contribution in [3.8, 4) is 0 Å². The second kappa shape index (κ2) is 9.35. The Morgan fingerprint density at radius 3 is 2.60 bits per heavy atom. The highest BCUT2D eigenvalue weighted by molar-refractivity contribution is 7.13. The molecule has 3 nitrogen and oxygen atoms in total. The summed E-state index contributed by atoms with van der Waals surface area (Å²) in [5, 5.41) is 6.91. The lowest BCUT2D eigenvalue weighted by molar-refractivity contribution is 0.557. The SMILES string of the molecule is CCCCN(c1nc(C(C)NCCC)cs1)C(C)CC. The van der Waals surface area contributed by atoms with Gasteiger partial charge in [0.1, 0.15) is 0 Å². The van der Waals surface area contributed by atoms with E-state index in [1.165, 1.54) is 30.1 Å². The van der Waals surface area contributed by atoms with E-state index in [2.05, 4.69) is 50.2 Å². The summed E-state index contributed by atoms with van der Waals surface area (Å²) in [4.78, 5) is 7.34. The lowest BCUT2D eigenvalue weighted by atomic mass is 10.2. The van der Waals surface area contributed by atoms with Crippen LogP contribution in [0.2, 0.25) is 0 Å². The third-order valence-electron chi connectivity index (χ3n) is 3.78. The van der Waals surface area contributed by atoms with Crippen molar-refractivity contribution in [3.05, 3.63) is 11.1 Å². The maximum atomic E-state index is 4.87. The molecule has 0 bridgehead atoms. The average molecular weight is 298 g/mol. The Bertz CT molecular complexity index is 364. The molecule has 0 amide bonds. The smallest absolute Gasteiger partial charge is 0.185 e. The zero-order chi connectivity index (χ0) is 15.0. The van der Waals surface area contributed by atoms with Crippen LogP contribution in [0.3, 0.4) is 0 Å².